The van der Waals surface area contributed by atoms with Gasteiger partial charge in [-0.2, -0.15) is 0 Å². The van der Waals surface area contributed by atoms with Crippen molar-refractivity contribution in [3.63, 3.8) is 0 Å². The van der Waals surface area contributed by atoms with E-state index >= 15 is 0 Å². The first-order chi connectivity index (χ1) is 13.7. The van der Waals surface area contributed by atoms with E-state index in [9.17, 15) is 0 Å². The minimum absolute atomic E-state index is 0.648. The predicted octanol–water partition coefficient (Wildman–Crippen LogP) is 3.68. The lowest BCUT2D eigenvalue weighted by Crippen LogP contribution is -2.46. The molecule has 0 atom stereocenters. The van der Waals surface area contributed by atoms with Crippen LogP contribution < -0.4 is 14.4 Å². The van der Waals surface area contributed by atoms with E-state index in [1.165, 1.54) is 5.69 Å². The summed E-state index contributed by atoms with van der Waals surface area (Å²) in [5, 5.41) is 0. The van der Waals surface area contributed by atoms with Crippen LogP contribution in [0.5, 0.6) is 11.5 Å². The van der Waals surface area contributed by atoms with Crippen LogP contribution in [0.2, 0.25) is 0 Å². The third-order valence-electron chi connectivity index (χ3n) is 5.08. The molecule has 0 bridgehead atoms. The van der Waals surface area contributed by atoms with Crippen LogP contribution >= 0.6 is 0 Å². The molecule has 28 heavy (non-hydrogen) atoms. The van der Waals surface area contributed by atoms with Gasteiger partial charge >= 0.3 is 0 Å². The molecule has 6 heteroatoms. The first-order valence-corrected chi connectivity index (χ1v) is 9.45. The van der Waals surface area contributed by atoms with Crippen molar-refractivity contribution in [3.8, 4) is 23.0 Å². The van der Waals surface area contributed by atoms with Gasteiger partial charge in [0, 0.05) is 44.0 Å². The predicted molar refractivity (Wildman–Crippen MR) is 109 cm³/mol. The number of benzene rings is 2. The Balaban J connectivity index is 1.32. The lowest BCUT2D eigenvalue weighted by atomic mass is 10.2. The van der Waals surface area contributed by atoms with E-state index in [0.717, 1.165) is 55.5 Å². The molecule has 1 fully saturated rings. The summed E-state index contributed by atoms with van der Waals surface area (Å²) in [5.74, 6) is 2.36. The van der Waals surface area contributed by atoms with Crippen LogP contribution in [-0.2, 0) is 6.54 Å². The molecule has 1 aliphatic heterocycles. The SMILES string of the molecule is COc1ccc(-c2nc(CN3CCN(c4ccc(OC)cc4)CC3)co2)cc1. The van der Waals surface area contributed by atoms with Gasteiger partial charge in [-0.15, -0.1) is 0 Å². The van der Waals surface area contributed by atoms with Gasteiger partial charge < -0.3 is 18.8 Å². The van der Waals surface area contributed by atoms with Gasteiger partial charge in [0.1, 0.15) is 17.8 Å². The van der Waals surface area contributed by atoms with E-state index in [1.807, 2.05) is 36.4 Å². The highest BCUT2D eigenvalue weighted by molar-refractivity contribution is 5.54. The van der Waals surface area contributed by atoms with Gasteiger partial charge in [-0.1, -0.05) is 0 Å². The van der Waals surface area contributed by atoms with Crippen LogP contribution in [0.15, 0.2) is 59.2 Å². The molecule has 1 aromatic heterocycles. The lowest BCUT2D eigenvalue weighted by molar-refractivity contribution is 0.247. The summed E-state index contributed by atoms with van der Waals surface area (Å²) in [5.41, 5.74) is 3.16. The number of piperazine rings is 1. The van der Waals surface area contributed by atoms with Crippen LogP contribution in [0, 0.1) is 0 Å². The minimum atomic E-state index is 0.648. The van der Waals surface area contributed by atoms with Crippen molar-refractivity contribution in [2.24, 2.45) is 0 Å². The van der Waals surface area contributed by atoms with Crippen molar-refractivity contribution >= 4 is 5.69 Å². The molecule has 4 rings (SSSR count). The fourth-order valence-corrected chi connectivity index (χ4v) is 3.43. The van der Waals surface area contributed by atoms with E-state index in [1.54, 1.807) is 20.5 Å². The highest BCUT2D eigenvalue weighted by Crippen LogP contribution is 2.23. The van der Waals surface area contributed by atoms with Crippen LogP contribution in [0.1, 0.15) is 5.69 Å². The molecule has 2 aromatic carbocycles. The summed E-state index contributed by atoms with van der Waals surface area (Å²) in [7, 11) is 3.35. The van der Waals surface area contributed by atoms with E-state index in [2.05, 4.69) is 26.9 Å². The maximum Gasteiger partial charge on any atom is 0.226 e. The number of hydrogen-bond donors (Lipinski definition) is 0. The largest absolute Gasteiger partial charge is 0.497 e. The zero-order chi connectivity index (χ0) is 19.3. The van der Waals surface area contributed by atoms with Crippen LogP contribution in [0.3, 0.4) is 0 Å². The Bertz CT molecular complexity index is 882. The normalized spacial score (nSPS) is 14.9. The molecule has 0 aliphatic carbocycles. The summed E-state index contributed by atoms with van der Waals surface area (Å²) in [6.07, 6.45) is 1.76. The molecule has 6 nitrogen and oxygen atoms in total. The molecular weight excluding hydrogens is 354 g/mol. The Kier molecular flexibility index (Phi) is 5.48. The average Bonchev–Trinajstić information content (AvgIpc) is 3.23. The van der Waals surface area contributed by atoms with Gasteiger partial charge in [0.25, 0.3) is 0 Å². The minimum Gasteiger partial charge on any atom is -0.497 e. The maximum atomic E-state index is 5.68. The van der Waals surface area contributed by atoms with Crippen molar-refractivity contribution in [1.29, 1.82) is 0 Å². The van der Waals surface area contributed by atoms with E-state index in [-0.39, 0.29) is 0 Å². The molecule has 0 amide bonds. The van der Waals surface area contributed by atoms with Crippen molar-refractivity contribution in [1.82, 2.24) is 9.88 Å². The molecule has 0 saturated carbocycles. The monoisotopic (exact) mass is 379 g/mol. The Morgan fingerprint density at radius 2 is 1.46 bits per heavy atom. The Morgan fingerprint density at radius 3 is 2.07 bits per heavy atom. The van der Waals surface area contributed by atoms with E-state index < -0.39 is 0 Å². The quantitative estimate of drug-likeness (QED) is 0.651. The first kappa shape index (κ1) is 18.4. The molecule has 0 unspecified atom stereocenters. The summed E-state index contributed by atoms with van der Waals surface area (Å²) >= 11 is 0. The highest BCUT2D eigenvalue weighted by Gasteiger charge is 2.19. The number of nitrogens with zero attached hydrogens (tertiary/aromatic N) is 3. The van der Waals surface area contributed by atoms with Gasteiger partial charge in [-0.05, 0) is 48.5 Å². The van der Waals surface area contributed by atoms with E-state index in [4.69, 9.17) is 13.9 Å². The van der Waals surface area contributed by atoms with Crippen molar-refractivity contribution in [2.45, 2.75) is 6.54 Å². The smallest absolute Gasteiger partial charge is 0.226 e. The second kappa shape index (κ2) is 8.35. The maximum absolute atomic E-state index is 5.68. The highest BCUT2D eigenvalue weighted by atomic mass is 16.5. The molecule has 0 radical (unpaired) electrons. The first-order valence-electron chi connectivity index (χ1n) is 9.45. The van der Waals surface area contributed by atoms with Gasteiger partial charge in [-0.3, -0.25) is 4.90 Å². The second-order valence-corrected chi connectivity index (χ2v) is 6.83. The topological polar surface area (TPSA) is 51.0 Å². The standard InChI is InChI=1S/C22H25N3O3/c1-26-20-7-3-17(4-8-20)22-23-18(16-28-22)15-24-11-13-25(14-12-24)19-5-9-21(27-2)10-6-19/h3-10,16H,11-15H2,1-2H3. The van der Waals surface area contributed by atoms with Gasteiger partial charge in [0.15, 0.2) is 0 Å². The molecule has 0 N–H and O–H groups in total. The van der Waals surface area contributed by atoms with Gasteiger partial charge in [0.2, 0.25) is 5.89 Å². The number of ether oxygens (including phenoxy) is 2. The average molecular weight is 379 g/mol. The number of methoxy groups -OCH3 is 2. The molecular formula is C22H25N3O3. The number of hydrogen-bond acceptors (Lipinski definition) is 6. The molecule has 0 spiro atoms. The number of aromatic nitrogens is 1. The molecule has 1 aliphatic rings. The Morgan fingerprint density at radius 1 is 0.857 bits per heavy atom. The van der Waals surface area contributed by atoms with E-state index in [0.29, 0.717) is 5.89 Å². The molecule has 2 heterocycles. The van der Waals surface area contributed by atoms with Crippen molar-refractivity contribution in [2.75, 3.05) is 45.3 Å². The number of anilines is 1. The third kappa shape index (κ3) is 4.12. The van der Waals surface area contributed by atoms with Gasteiger partial charge in [0.05, 0.1) is 19.9 Å². The number of rotatable bonds is 6. The zero-order valence-electron chi connectivity index (χ0n) is 16.3. The fourth-order valence-electron chi connectivity index (χ4n) is 3.43. The molecule has 1 saturated heterocycles. The Hall–Kier alpha value is -2.99. The summed E-state index contributed by atoms with van der Waals surface area (Å²) in [4.78, 5) is 9.47. The zero-order valence-corrected chi connectivity index (χ0v) is 16.3. The Labute approximate surface area is 165 Å². The summed E-state index contributed by atoms with van der Waals surface area (Å²) in [6.45, 7) is 4.79. The molecule has 3 aromatic rings. The summed E-state index contributed by atoms with van der Waals surface area (Å²) < 4.78 is 16.1. The summed E-state index contributed by atoms with van der Waals surface area (Å²) in [6, 6.07) is 16.0. The lowest BCUT2D eigenvalue weighted by Gasteiger charge is -2.35. The van der Waals surface area contributed by atoms with Gasteiger partial charge in [-0.25, -0.2) is 4.98 Å². The van der Waals surface area contributed by atoms with Crippen molar-refractivity contribution < 1.29 is 13.9 Å². The molecule has 146 valence electrons. The fraction of sp³-hybridized carbons (Fsp3) is 0.318. The second-order valence-electron chi connectivity index (χ2n) is 6.83. The van der Waals surface area contributed by atoms with Crippen LogP contribution in [0.25, 0.3) is 11.5 Å². The van der Waals surface area contributed by atoms with Crippen LogP contribution in [-0.4, -0.2) is 50.3 Å². The van der Waals surface area contributed by atoms with Crippen LogP contribution in [0.4, 0.5) is 5.69 Å². The third-order valence-corrected chi connectivity index (χ3v) is 5.08. The van der Waals surface area contributed by atoms with Crippen molar-refractivity contribution in [3.05, 3.63) is 60.5 Å². The number of oxazole rings is 1.